The highest BCUT2D eigenvalue weighted by Gasteiger charge is 2.19. The van der Waals surface area contributed by atoms with Gasteiger partial charge in [0.05, 0.1) is 11.5 Å². The van der Waals surface area contributed by atoms with E-state index >= 15 is 0 Å². The Bertz CT molecular complexity index is 1540. The number of unbranched alkanes of at least 4 members (excludes halogenated alkanes) is 2. The van der Waals surface area contributed by atoms with Gasteiger partial charge in [0.1, 0.15) is 5.75 Å². The van der Waals surface area contributed by atoms with E-state index in [-0.39, 0.29) is 18.2 Å². The van der Waals surface area contributed by atoms with E-state index in [1.54, 1.807) is 0 Å². The molecule has 47 heavy (non-hydrogen) atoms. The zero-order valence-corrected chi connectivity index (χ0v) is 28.8. The first-order chi connectivity index (χ1) is 23.0. The molecule has 6 nitrogen and oxygen atoms in total. The normalized spacial score (nSPS) is 12.1. The number of aryl methyl sites for hydroxylation is 1. The van der Waals surface area contributed by atoms with Crippen LogP contribution in [-0.2, 0) is 19.3 Å². The van der Waals surface area contributed by atoms with Crippen molar-refractivity contribution in [3.8, 4) is 11.6 Å². The first kappa shape index (κ1) is 37.2. The summed E-state index contributed by atoms with van der Waals surface area (Å²) in [5, 5.41) is 10.7. The van der Waals surface area contributed by atoms with Gasteiger partial charge in [0.15, 0.2) is 0 Å². The molecule has 250 valence electrons. The Kier molecular flexibility index (Phi) is 17.7. The molecule has 0 saturated heterocycles. The van der Waals surface area contributed by atoms with E-state index < -0.39 is 4.87 Å². The lowest BCUT2D eigenvalue weighted by molar-refractivity contribution is 0.0888. The number of ether oxygens (including phenoxy) is 1. The fourth-order valence-electron chi connectivity index (χ4n) is 4.69. The number of pyridine rings is 1. The van der Waals surface area contributed by atoms with Gasteiger partial charge in [-0.2, -0.15) is 0 Å². The summed E-state index contributed by atoms with van der Waals surface area (Å²) in [6.45, 7) is 4.82. The van der Waals surface area contributed by atoms with Gasteiger partial charge in [-0.3, -0.25) is 14.6 Å². The molecule has 0 spiro atoms. The molecule has 0 bridgehead atoms. The zero-order chi connectivity index (χ0) is 33.5. The van der Waals surface area contributed by atoms with Crippen molar-refractivity contribution < 1.29 is 14.6 Å². The van der Waals surface area contributed by atoms with E-state index in [1.165, 1.54) is 12.0 Å². The molecule has 0 aliphatic carbocycles. The van der Waals surface area contributed by atoms with Gasteiger partial charge in [0.2, 0.25) is 11.8 Å². The number of rotatable bonds is 21. The molecule has 7 heteroatoms. The average molecular weight is 655 g/mol. The van der Waals surface area contributed by atoms with Crippen molar-refractivity contribution in [3.05, 3.63) is 135 Å². The Labute approximate surface area is 284 Å². The van der Waals surface area contributed by atoms with Crippen LogP contribution in [0.2, 0.25) is 0 Å². The predicted molar refractivity (Wildman–Crippen MR) is 196 cm³/mol. The second-order valence-corrected chi connectivity index (χ2v) is 12.3. The average Bonchev–Trinajstić information content (AvgIpc) is 3.36. The standard InChI is InChI=1S/C40H50N2O4S/c1-3-5-6-7-8-9-10-11-12-13-14-15-16-17-18-19-20-21-22-38(43)42-39(44)37(47-40(42)45)31-34-24-27-36(28-25-34)46-30-29-35-26-23-33(4-2)32-41-35/h6-7,9-10,12-13,15-16,18-19,23-28,32,44H,3-5,8,11,14,17,20-22,29-31H2,1-2H3. The van der Waals surface area contributed by atoms with Crippen LogP contribution >= 0.6 is 11.3 Å². The molecular weight excluding hydrogens is 605 g/mol. The van der Waals surface area contributed by atoms with Gasteiger partial charge in [-0.1, -0.05) is 111 Å². The molecule has 2 heterocycles. The highest BCUT2D eigenvalue weighted by Crippen LogP contribution is 2.25. The van der Waals surface area contributed by atoms with E-state index in [9.17, 15) is 14.7 Å². The van der Waals surface area contributed by atoms with Gasteiger partial charge in [0, 0.05) is 31.2 Å². The largest absolute Gasteiger partial charge is 0.493 e. The van der Waals surface area contributed by atoms with Gasteiger partial charge in [-0.15, -0.1) is 0 Å². The number of thiazole rings is 1. The van der Waals surface area contributed by atoms with Crippen molar-refractivity contribution in [1.29, 1.82) is 0 Å². The Hall–Kier alpha value is -4.23. The second kappa shape index (κ2) is 22.3. The van der Waals surface area contributed by atoms with Crippen LogP contribution in [-0.4, -0.2) is 27.2 Å². The molecule has 0 aliphatic heterocycles. The minimum atomic E-state index is -0.451. The van der Waals surface area contributed by atoms with Crippen LogP contribution in [0.3, 0.4) is 0 Å². The monoisotopic (exact) mass is 654 g/mol. The van der Waals surface area contributed by atoms with Gasteiger partial charge < -0.3 is 9.84 Å². The number of carbonyl (C=O) groups is 1. The van der Waals surface area contributed by atoms with Crippen LogP contribution in [0.15, 0.2) is 108 Å². The quantitative estimate of drug-likeness (QED) is 0.0914. The van der Waals surface area contributed by atoms with Gasteiger partial charge in [-0.05, 0) is 80.7 Å². The summed E-state index contributed by atoms with van der Waals surface area (Å²) in [4.78, 5) is 29.8. The molecule has 0 radical (unpaired) electrons. The number of nitrogens with zero attached hydrogens (tertiary/aromatic N) is 2. The van der Waals surface area contributed by atoms with Gasteiger partial charge in [0.25, 0.3) is 0 Å². The van der Waals surface area contributed by atoms with E-state index in [2.05, 4.69) is 85.7 Å². The molecule has 3 rings (SSSR count). The zero-order valence-electron chi connectivity index (χ0n) is 28.0. The number of aromatic hydroxyl groups is 1. The van der Waals surface area contributed by atoms with Crippen LogP contribution in [0.4, 0.5) is 0 Å². The third-order valence-corrected chi connectivity index (χ3v) is 8.38. The lowest BCUT2D eigenvalue weighted by Crippen LogP contribution is -2.20. The Balaban J connectivity index is 1.32. The van der Waals surface area contributed by atoms with Crippen molar-refractivity contribution in [1.82, 2.24) is 9.55 Å². The number of hydrogen-bond donors (Lipinski definition) is 1. The molecule has 1 N–H and O–H groups in total. The molecule has 3 aromatic rings. The molecule has 0 saturated carbocycles. The summed E-state index contributed by atoms with van der Waals surface area (Å²) in [6, 6.07) is 11.7. The smallest absolute Gasteiger partial charge is 0.317 e. The van der Waals surface area contributed by atoms with Crippen LogP contribution < -0.4 is 9.61 Å². The summed E-state index contributed by atoms with van der Waals surface area (Å²) >= 11 is 0.915. The Morgan fingerprint density at radius 1 is 0.830 bits per heavy atom. The maximum absolute atomic E-state index is 12.7. The lowest BCUT2D eigenvalue weighted by Gasteiger charge is -2.07. The van der Waals surface area contributed by atoms with Crippen molar-refractivity contribution in [3.63, 3.8) is 0 Å². The Morgan fingerprint density at radius 2 is 1.43 bits per heavy atom. The SMILES string of the molecule is CCCC=CCC=CCC=CCC=CCC=CCCCC(=O)n1c(O)c(Cc2ccc(OCCc3ccc(CC)cn3)cc2)sc1=O. The third-order valence-electron chi connectivity index (χ3n) is 7.45. The van der Waals surface area contributed by atoms with E-state index in [0.717, 1.165) is 84.3 Å². The third kappa shape index (κ3) is 14.4. The molecule has 2 aromatic heterocycles. The lowest BCUT2D eigenvalue weighted by atomic mass is 10.1. The van der Waals surface area contributed by atoms with Crippen LogP contribution in [0, 0.1) is 0 Å². The first-order valence-electron chi connectivity index (χ1n) is 16.9. The summed E-state index contributed by atoms with van der Waals surface area (Å²) in [7, 11) is 0. The minimum Gasteiger partial charge on any atom is -0.493 e. The summed E-state index contributed by atoms with van der Waals surface area (Å²) in [5.74, 6) is 0.115. The molecule has 0 atom stereocenters. The number of aromatic nitrogens is 2. The first-order valence-corrected chi connectivity index (χ1v) is 17.7. The van der Waals surface area contributed by atoms with Gasteiger partial charge >= 0.3 is 4.87 Å². The Morgan fingerprint density at radius 3 is 2.00 bits per heavy atom. The number of carbonyl (C=O) groups excluding carboxylic acids is 1. The topological polar surface area (TPSA) is 81.4 Å². The summed E-state index contributed by atoms with van der Waals surface area (Å²) in [6.07, 6.45) is 33.2. The predicted octanol–water partition coefficient (Wildman–Crippen LogP) is 9.74. The molecule has 0 aliphatic rings. The van der Waals surface area contributed by atoms with Crippen LogP contribution in [0.5, 0.6) is 11.6 Å². The molecule has 1 aromatic carbocycles. The number of allylic oxidation sites excluding steroid dienone is 10. The van der Waals surface area contributed by atoms with E-state index in [1.807, 2.05) is 36.5 Å². The van der Waals surface area contributed by atoms with Crippen molar-refractivity contribution >= 4 is 17.2 Å². The fraction of sp³-hybridized carbons (Fsp3) is 0.375. The molecular formula is C40H50N2O4S. The van der Waals surface area contributed by atoms with Crippen molar-refractivity contribution in [2.45, 2.75) is 90.9 Å². The van der Waals surface area contributed by atoms with E-state index in [4.69, 9.17) is 4.74 Å². The minimum absolute atomic E-state index is 0.197. The van der Waals surface area contributed by atoms with Crippen LogP contribution in [0.25, 0.3) is 0 Å². The van der Waals surface area contributed by atoms with E-state index in [0.29, 0.717) is 24.3 Å². The van der Waals surface area contributed by atoms with Crippen molar-refractivity contribution in [2.24, 2.45) is 0 Å². The van der Waals surface area contributed by atoms with Crippen LogP contribution in [0.1, 0.15) is 98.1 Å². The highest BCUT2D eigenvalue weighted by atomic mass is 32.1. The van der Waals surface area contributed by atoms with Gasteiger partial charge in [-0.25, -0.2) is 4.57 Å². The summed E-state index contributed by atoms with van der Waals surface area (Å²) < 4.78 is 6.78. The fourth-order valence-corrected chi connectivity index (χ4v) is 5.60. The molecule has 0 fully saturated rings. The van der Waals surface area contributed by atoms with Crippen molar-refractivity contribution in [2.75, 3.05) is 6.61 Å². The molecule has 0 unspecified atom stereocenters. The second-order valence-electron chi connectivity index (χ2n) is 11.3. The summed E-state index contributed by atoms with van der Waals surface area (Å²) in [5.41, 5.74) is 3.13. The molecule has 0 amide bonds. The maximum Gasteiger partial charge on any atom is 0.317 e. The maximum atomic E-state index is 12.7. The highest BCUT2D eigenvalue weighted by molar-refractivity contribution is 7.09. The number of hydrogen-bond acceptors (Lipinski definition) is 6. The number of benzene rings is 1.